The minimum Gasteiger partial charge on any atom is -0.508 e. The fraction of sp³-hybridized carbons (Fsp3) is 0.0435. The highest BCUT2D eigenvalue weighted by Crippen LogP contribution is 2.33. The van der Waals surface area contributed by atoms with E-state index in [-0.39, 0.29) is 5.75 Å². The molecule has 4 aromatic heterocycles. The topological polar surface area (TPSA) is 108 Å². The Bertz CT molecular complexity index is 1610. The molecule has 156 valence electrons. The summed E-state index contributed by atoms with van der Waals surface area (Å²) in [5.74, 6) is -0.119. The number of fused-ring (bicyclic) bond motifs is 2. The van der Waals surface area contributed by atoms with Gasteiger partial charge in [-0.25, -0.2) is 14.4 Å². The van der Waals surface area contributed by atoms with Gasteiger partial charge in [-0.2, -0.15) is 10.2 Å². The summed E-state index contributed by atoms with van der Waals surface area (Å²) in [6, 6.07) is 13.4. The third kappa shape index (κ3) is 2.90. The summed E-state index contributed by atoms with van der Waals surface area (Å²) in [5, 5.41) is 21.5. The average Bonchev–Trinajstić information content (AvgIpc) is 3.49. The van der Waals surface area contributed by atoms with E-state index in [9.17, 15) is 9.50 Å². The Balaban J connectivity index is 1.51. The first-order valence-corrected chi connectivity index (χ1v) is 9.88. The summed E-state index contributed by atoms with van der Waals surface area (Å²) < 4.78 is 15.6. The lowest BCUT2D eigenvalue weighted by Gasteiger charge is -2.04. The number of hydrogen-bond acceptors (Lipinski definition) is 5. The van der Waals surface area contributed by atoms with E-state index < -0.39 is 5.82 Å². The summed E-state index contributed by atoms with van der Waals surface area (Å²) in [5.41, 5.74) is 6.36. The van der Waals surface area contributed by atoms with Gasteiger partial charge in [0.05, 0.1) is 28.4 Å². The third-order valence-electron chi connectivity index (χ3n) is 5.34. The molecule has 2 aromatic carbocycles. The van der Waals surface area contributed by atoms with Gasteiger partial charge in [-0.3, -0.25) is 9.78 Å². The molecule has 0 radical (unpaired) electrons. The Morgan fingerprint density at radius 2 is 1.88 bits per heavy atom. The largest absolute Gasteiger partial charge is 0.508 e. The van der Waals surface area contributed by atoms with Crippen LogP contribution in [0.3, 0.4) is 0 Å². The van der Waals surface area contributed by atoms with Crippen molar-refractivity contribution in [2.75, 3.05) is 0 Å². The lowest BCUT2D eigenvalue weighted by molar-refractivity contribution is 0.469. The van der Waals surface area contributed by atoms with Crippen LogP contribution in [0.2, 0.25) is 0 Å². The monoisotopic (exact) mass is 425 g/mol. The second-order valence-corrected chi connectivity index (χ2v) is 7.55. The van der Waals surface area contributed by atoms with Gasteiger partial charge >= 0.3 is 0 Å². The Morgan fingerprint density at radius 1 is 0.969 bits per heavy atom. The van der Waals surface area contributed by atoms with Crippen molar-refractivity contribution in [3.05, 3.63) is 66.7 Å². The van der Waals surface area contributed by atoms with E-state index in [1.54, 1.807) is 10.9 Å². The Hall–Kier alpha value is -4.53. The first-order chi connectivity index (χ1) is 15.5. The van der Waals surface area contributed by atoms with Crippen LogP contribution in [0.4, 0.5) is 4.39 Å². The number of nitrogens with zero attached hydrogens (tertiary/aromatic N) is 5. The molecular weight excluding hydrogens is 409 g/mol. The molecule has 0 aliphatic carbocycles. The van der Waals surface area contributed by atoms with Crippen LogP contribution in [-0.4, -0.2) is 40.0 Å². The number of para-hydroxylation sites is 1. The molecule has 0 amide bonds. The first-order valence-electron chi connectivity index (χ1n) is 9.88. The average molecular weight is 425 g/mol. The minimum atomic E-state index is -0.516. The van der Waals surface area contributed by atoms with E-state index in [1.807, 2.05) is 43.6 Å². The predicted molar refractivity (Wildman–Crippen MR) is 118 cm³/mol. The maximum Gasteiger partial charge on any atom is 0.161 e. The fourth-order valence-electron chi connectivity index (χ4n) is 3.89. The van der Waals surface area contributed by atoms with Crippen molar-refractivity contribution in [3.63, 3.8) is 0 Å². The molecular formula is C23H16FN7O. The zero-order chi connectivity index (χ0) is 21.8. The van der Waals surface area contributed by atoms with Crippen molar-refractivity contribution in [2.24, 2.45) is 7.05 Å². The Kier molecular flexibility index (Phi) is 3.85. The molecule has 8 nitrogen and oxygen atoms in total. The minimum absolute atomic E-state index is 0.141. The summed E-state index contributed by atoms with van der Waals surface area (Å²) in [6.45, 7) is 0. The normalized spacial score (nSPS) is 11.6. The highest BCUT2D eigenvalue weighted by atomic mass is 19.1. The molecule has 6 aromatic rings. The number of halogens is 1. The van der Waals surface area contributed by atoms with Gasteiger partial charge in [0.15, 0.2) is 11.5 Å². The van der Waals surface area contributed by atoms with Crippen molar-refractivity contribution >= 4 is 22.1 Å². The van der Waals surface area contributed by atoms with E-state index in [0.717, 1.165) is 28.4 Å². The molecule has 9 heteroatoms. The van der Waals surface area contributed by atoms with Crippen LogP contribution >= 0.6 is 0 Å². The van der Waals surface area contributed by atoms with Crippen LogP contribution in [0, 0.1) is 5.82 Å². The number of aromatic amines is 2. The third-order valence-corrected chi connectivity index (χ3v) is 5.34. The smallest absolute Gasteiger partial charge is 0.161 e. The highest BCUT2D eigenvalue weighted by molar-refractivity contribution is 5.96. The van der Waals surface area contributed by atoms with Gasteiger partial charge in [-0.15, -0.1) is 0 Å². The van der Waals surface area contributed by atoms with Crippen molar-refractivity contribution in [1.82, 2.24) is 34.9 Å². The van der Waals surface area contributed by atoms with Crippen molar-refractivity contribution in [3.8, 4) is 39.7 Å². The van der Waals surface area contributed by atoms with Gasteiger partial charge < -0.3 is 10.1 Å². The van der Waals surface area contributed by atoms with Gasteiger partial charge in [0, 0.05) is 30.4 Å². The molecule has 0 bridgehead atoms. The second-order valence-electron chi connectivity index (χ2n) is 7.55. The van der Waals surface area contributed by atoms with Gasteiger partial charge in [0.1, 0.15) is 17.1 Å². The Labute approximate surface area is 180 Å². The number of hydrogen-bond donors (Lipinski definition) is 3. The second kappa shape index (κ2) is 6.74. The number of rotatable bonds is 3. The summed E-state index contributed by atoms with van der Waals surface area (Å²) in [7, 11) is 1.86. The highest BCUT2D eigenvalue weighted by Gasteiger charge is 2.17. The number of aryl methyl sites for hydroxylation is 1. The number of H-pyrrole nitrogens is 2. The lowest BCUT2D eigenvalue weighted by atomic mass is 10.0. The van der Waals surface area contributed by atoms with Crippen LogP contribution in [0.5, 0.6) is 5.75 Å². The summed E-state index contributed by atoms with van der Waals surface area (Å²) >= 11 is 0. The van der Waals surface area contributed by atoms with Crippen LogP contribution in [0.25, 0.3) is 56.0 Å². The Morgan fingerprint density at radius 3 is 2.69 bits per heavy atom. The van der Waals surface area contributed by atoms with Crippen LogP contribution < -0.4 is 0 Å². The SMILES string of the molecule is Cn1cc(-c2ccc3[nH]nc(-c4nc5c(-c6cc(O)cc(F)c6)cccc5[nH]4)c3n2)cn1. The van der Waals surface area contributed by atoms with Gasteiger partial charge in [0.2, 0.25) is 0 Å². The molecule has 0 saturated carbocycles. The lowest BCUT2D eigenvalue weighted by Crippen LogP contribution is -1.87. The van der Waals surface area contributed by atoms with Crippen LogP contribution in [0.15, 0.2) is 60.9 Å². The van der Waals surface area contributed by atoms with Crippen molar-refractivity contribution < 1.29 is 9.50 Å². The van der Waals surface area contributed by atoms with Crippen molar-refractivity contribution in [1.29, 1.82) is 0 Å². The molecule has 0 unspecified atom stereocenters. The van der Waals surface area contributed by atoms with Crippen LogP contribution in [0.1, 0.15) is 0 Å². The van der Waals surface area contributed by atoms with Crippen LogP contribution in [-0.2, 0) is 7.05 Å². The molecule has 4 heterocycles. The molecule has 0 aliphatic rings. The summed E-state index contributed by atoms with van der Waals surface area (Å²) in [6.07, 6.45) is 3.66. The number of phenols is 1. The number of aromatic nitrogens is 7. The number of nitrogens with one attached hydrogen (secondary N) is 2. The molecule has 0 spiro atoms. The van der Waals surface area contributed by atoms with E-state index in [1.165, 1.54) is 12.1 Å². The molecule has 3 N–H and O–H groups in total. The maximum absolute atomic E-state index is 13.9. The van der Waals surface area contributed by atoms with E-state index in [0.29, 0.717) is 33.7 Å². The maximum atomic E-state index is 13.9. The van der Waals surface area contributed by atoms with Gasteiger partial charge in [-0.05, 0) is 35.9 Å². The number of imidazole rings is 1. The van der Waals surface area contributed by atoms with E-state index in [2.05, 4.69) is 20.3 Å². The molecule has 32 heavy (non-hydrogen) atoms. The zero-order valence-electron chi connectivity index (χ0n) is 16.8. The predicted octanol–water partition coefficient (Wildman–Crippen LogP) is 4.41. The number of aromatic hydroxyl groups is 1. The van der Waals surface area contributed by atoms with Gasteiger partial charge in [0.25, 0.3) is 0 Å². The number of pyridine rings is 1. The molecule has 0 aliphatic heterocycles. The number of benzene rings is 2. The fourth-order valence-corrected chi connectivity index (χ4v) is 3.89. The first kappa shape index (κ1) is 18.3. The molecule has 6 rings (SSSR count). The van der Waals surface area contributed by atoms with Gasteiger partial charge in [-0.1, -0.05) is 12.1 Å². The van der Waals surface area contributed by atoms with E-state index >= 15 is 0 Å². The van der Waals surface area contributed by atoms with E-state index in [4.69, 9.17) is 9.97 Å². The quantitative estimate of drug-likeness (QED) is 0.389. The molecule has 0 fully saturated rings. The standard InChI is InChI=1S/C23H16FN7O/c1-31-11-13(10-25-31)17-5-6-19-21(26-17)22(30-29-19)23-27-18-4-2-3-16(20(18)28-23)12-7-14(24)9-15(32)8-12/h2-11,32H,1H3,(H,27,28)(H,29,30). The van der Waals surface area contributed by atoms with Crippen molar-refractivity contribution in [2.45, 2.75) is 0 Å². The zero-order valence-corrected chi connectivity index (χ0v) is 16.8. The number of phenolic OH excluding ortho intramolecular Hbond substituents is 1. The molecule has 0 saturated heterocycles. The summed E-state index contributed by atoms with van der Waals surface area (Å²) in [4.78, 5) is 12.8. The molecule has 0 atom stereocenters.